The van der Waals surface area contributed by atoms with E-state index in [0.29, 0.717) is 33.1 Å². The van der Waals surface area contributed by atoms with Gasteiger partial charge >= 0.3 is 0 Å². The molecule has 0 aliphatic rings. The molecule has 0 aliphatic carbocycles. The summed E-state index contributed by atoms with van der Waals surface area (Å²) < 4.78 is 5.14. The van der Waals surface area contributed by atoms with Crippen molar-refractivity contribution in [1.82, 2.24) is 4.98 Å². The van der Waals surface area contributed by atoms with Gasteiger partial charge in [0.15, 0.2) is 0 Å². The Kier molecular flexibility index (Phi) is 6.14. The van der Waals surface area contributed by atoms with E-state index in [1.54, 1.807) is 50.6 Å². The number of nitrogens with zero attached hydrogens (tertiary/aromatic N) is 3. The van der Waals surface area contributed by atoms with Crippen LogP contribution >= 0.6 is 11.6 Å². The summed E-state index contributed by atoms with van der Waals surface area (Å²) in [7, 11) is 1.61. The van der Waals surface area contributed by atoms with E-state index in [-0.39, 0.29) is 0 Å². The predicted molar refractivity (Wildman–Crippen MR) is 115 cm³/mol. The second-order valence-corrected chi connectivity index (χ2v) is 6.58. The van der Waals surface area contributed by atoms with Crippen LogP contribution in [0.15, 0.2) is 54.7 Å². The predicted octanol–water partition coefficient (Wildman–Crippen LogP) is 5.55. The first-order valence-corrected chi connectivity index (χ1v) is 9.13. The van der Waals surface area contributed by atoms with Gasteiger partial charge in [0.1, 0.15) is 17.9 Å². The molecule has 0 saturated carbocycles. The van der Waals surface area contributed by atoms with E-state index in [9.17, 15) is 10.5 Å². The van der Waals surface area contributed by atoms with Crippen LogP contribution in [-0.2, 0) is 0 Å². The molecular weight excluding hydrogens is 384 g/mol. The molecule has 3 aromatic rings. The van der Waals surface area contributed by atoms with Gasteiger partial charge in [0.25, 0.3) is 0 Å². The third-order valence-corrected chi connectivity index (χ3v) is 4.60. The number of rotatable bonds is 5. The van der Waals surface area contributed by atoms with Crippen molar-refractivity contribution in [3.8, 4) is 29.0 Å². The second kappa shape index (κ2) is 8.93. The van der Waals surface area contributed by atoms with Crippen LogP contribution in [-0.4, -0.2) is 12.1 Å². The Morgan fingerprint density at radius 2 is 1.66 bits per heavy atom. The molecule has 0 radical (unpaired) electrons. The summed E-state index contributed by atoms with van der Waals surface area (Å²) in [6.07, 6.45) is 3.43. The van der Waals surface area contributed by atoms with Crippen LogP contribution in [0.2, 0.25) is 5.02 Å². The Bertz CT molecular complexity index is 1140. The molecule has 0 fully saturated rings. The molecule has 0 unspecified atom stereocenters. The van der Waals surface area contributed by atoms with Gasteiger partial charge in [-0.25, -0.2) is 0 Å². The fraction of sp³-hybridized carbons (Fsp3) is 0.0870. The zero-order valence-electron chi connectivity index (χ0n) is 15.9. The molecule has 1 aromatic heterocycles. The summed E-state index contributed by atoms with van der Waals surface area (Å²) in [5.74, 6) is 0.767. The van der Waals surface area contributed by atoms with Crippen LogP contribution < -0.4 is 10.1 Å². The molecular formula is C23H17ClN4O. The van der Waals surface area contributed by atoms with E-state index in [4.69, 9.17) is 16.3 Å². The highest BCUT2D eigenvalue weighted by Crippen LogP contribution is 2.32. The number of aromatic nitrogens is 1. The lowest BCUT2D eigenvalue weighted by molar-refractivity contribution is 0.415. The first-order chi connectivity index (χ1) is 14.1. The van der Waals surface area contributed by atoms with Gasteiger partial charge in [0, 0.05) is 22.5 Å². The Balaban J connectivity index is 2.01. The molecule has 0 spiro atoms. The van der Waals surface area contributed by atoms with E-state index in [1.165, 1.54) is 0 Å². The number of halogens is 1. The number of methoxy groups -OCH3 is 1. The fourth-order valence-electron chi connectivity index (χ4n) is 2.91. The minimum atomic E-state index is 0.335. The zero-order chi connectivity index (χ0) is 20.8. The average molecular weight is 401 g/mol. The summed E-state index contributed by atoms with van der Waals surface area (Å²) in [6.45, 7) is 1.76. The van der Waals surface area contributed by atoms with E-state index >= 15 is 0 Å². The van der Waals surface area contributed by atoms with Crippen LogP contribution in [0.25, 0.3) is 17.2 Å². The lowest BCUT2D eigenvalue weighted by Gasteiger charge is -2.12. The SMILES string of the molecule is COc1ccc(N/C=C/c2nc(C)c(C#N)c(-c3ccc(Cl)cc3)c2C#N)cc1. The summed E-state index contributed by atoms with van der Waals surface area (Å²) >= 11 is 5.99. The Morgan fingerprint density at radius 1 is 1.00 bits per heavy atom. The summed E-state index contributed by atoms with van der Waals surface area (Å²) in [5, 5.41) is 23.2. The lowest BCUT2D eigenvalue weighted by Crippen LogP contribution is -2.01. The van der Waals surface area contributed by atoms with Crippen molar-refractivity contribution >= 4 is 23.4 Å². The number of nitriles is 2. The van der Waals surface area contributed by atoms with Gasteiger partial charge in [-0.3, -0.25) is 4.98 Å². The maximum absolute atomic E-state index is 9.81. The van der Waals surface area contributed by atoms with Gasteiger partial charge in [-0.2, -0.15) is 10.5 Å². The van der Waals surface area contributed by atoms with Crippen molar-refractivity contribution in [3.63, 3.8) is 0 Å². The van der Waals surface area contributed by atoms with Crippen molar-refractivity contribution in [1.29, 1.82) is 10.5 Å². The van der Waals surface area contributed by atoms with Crippen molar-refractivity contribution in [2.45, 2.75) is 6.92 Å². The van der Waals surface area contributed by atoms with Gasteiger partial charge < -0.3 is 10.1 Å². The molecule has 0 saturated heterocycles. The first-order valence-electron chi connectivity index (χ1n) is 8.75. The fourth-order valence-corrected chi connectivity index (χ4v) is 3.03. The molecule has 5 nitrogen and oxygen atoms in total. The van der Waals surface area contributed by atoms with Crippen molar-refractivity contribution in [2.24, 2.45) is 0 Å². The van der Waals surface area contributed by atoms with Crippen molar-refractivity contribution < 1.29 is 4.74 Å². The number of benzene rings is 2. The topological polar surface area (TPSA) is 81.7 Å². The Morgan fingerprint density at radius 3 is 2.24 bits per heavy atom. The summed E-state index contributed by atoms with van der Waals surface area (Å²) in [6, 6.07) is 18.9. The molecule has 3 rings (SSSR count). The number of nitrogens with one attached hydrogen (secondary N) is 1. The molecule has 29 heavy (non-hydrogen) atoms. The van der Waals surface area contributed by atoms with Gasteiger partial charge in [0.2, 0.25) is 0 Å². The maximum atomic E-state index is 9.81. The Hall–Kier alpha value is -3.80. The lowest BCUT2D eigenvalue weighted by atomic mass is 9.93. The number of pyridine rings is 1. The number of hydrogen-bond donors (Lipinski definition) is 1. The summed E-state index contributed by atoms with van der Waals surface area (Å²) in [5.41, 5.74) is 3.92. The highest BCUT2D eigenvalue weighted by molar-refractivity contribution is 6.30. The third-order valence-electron chi connectivity index (χ3n) is 4.34. The normalized spacial score (nSPS) is 10.4. The smallest absolute Gasteiger partial charge is 0.119 e. The Labute approximate surface area is 174 Å². The number of ether oxygens (including phenoxy) is 1. The standard InChI is InChI=1S/C23H17ClN4O/c1-15-20(13-25)23(16-3-5-17(24)6-4-16)21(14-26)22(28-15)11-12-27-18-7-9-19(29-2)10-8-18/h3-12,27H,1-2H3/b12-11+. The van der Waals surface area contributed by atoms with Crippen LogP contribution in [0.3, 0.4) is 0 Å². The molecule has 1 heterocycles. The number of anilines is 1. The molecule has 142 valence electrons. The van der Waals surface area contributed by atoms with E-state index in [2.05, 4.69) is 22.4 Å². The molecule has 6 heteroatoms. The number of hydrogen-bond acceptors (Lipinski definition) is 5. The summed E-state index contributed by atoms with van der Waals surface area (Å²) in [4.78, 5) is 4.46. The second-order valence-electron chi connectivity index (χ2n) is 6.14. The van der Waals surface area contributed by atoms with E-state index < -0.39 is 0 Å². The molecule has 0 amide bonds. The van der Waals surface area contributed by atoms with Gasteiger partial charge in [-0.1, -0.05) is 23.7 Å². The number of aryl methyl sites for hydroxylation is 1. The minimum Gasteiger partial charge on any atom is -0.497 e. The van der Waals surface area contributed by atoms with Gasteiger partial charge in [-0.05, 0) is 55.0 Å². The quantitative estimate of drug-likeness (QED) is 0.607. The highest BCUT2D eigenvalue weighted by atomic mass is 35.5. The van der Waals surface area contributed by atoms with Crippen LogP contribution in [0.1, 0.15) is 22.5 Å². The van der Waals surface area contributed by atoms with Gasteiger partial charge in [-0.15, -0.1) is 0 Å². The molecule has 0 bridgehead atoms. The van der Waals surface area contributed by atoms with E-state index in [0.717, 1.165) is 17.0 Å². The van der Waals surface area contributed by atoms with Crippen LogP contribution in [0, 0.1) is 29.6 Å². The van der Waals surface area contributed by atoms with Gasteiger partial charge in [0.05, 0.1) is 29.6 Å². The van der Waals surface area contributed by atoms with Crippen LogP contribution in [0.5, 0.6) is 5.75 Å². The minimum absolute atomic E-state index is 0.335. The molecule has 1 N–H and O–H groups in total. The molecule has 0 atom stereocenters. The maximum Gasteiger partial charge on any atom is 0.119 e. The molecule has 2 aromatic carbocycles. The average Bonchev–Trinajstić information content (AvgIpc) is 2.74. The van der Waals surface area contributed by atoms with E-state index in [1.807, 2.05) is 24.3 Å². The largest absolute Gasteiger partial charge is 0.497 e. The highest BCUT2D eigenvalue weighted by Gasteiger charge is 2.18. The third kappa shape index (κ3) is 4.38. The van der Waals surface area contributed by atoms with Crippen molar-refractivity contribution in [3.05, 3.63) is 82.3 Å². The zero-order valence-corrected chi connectivity index (χ0v) is 16.7. The first kappa shape index (κ1) is 19.9. The van der Waals surface area contributed by atoms with Crippen LogP contribution in [0.4, 0.5) is 5.69 Å². The molecule has 0 aliphatic heterocycles. The van der Waals surface area contributed by atoms with Crippen molar-refractivity contribution in [2.75, 3.05) is 12.4 Å². The monoisotopic (exact) mass is 400 g/mol.